The maximum absolute atomic E-state index is 8.88. The zero-order valence-corrected chi connectivity index (χ0v) is 8.41. The van der Waals surface area contributed by atoms with E-state index in [0.717, 1.165) is 17.5 Å². The fraction of sp³-hybridized carbons (Fsp3) is 0.100. The maximum Gasteiger partial charge on any atom is 0.125 e. The van der Waals surface area contributed by atoms with Crippen LogP contribution in [0.5, 0.6) is 0 Å². The molecule has 0 saturated heterocycles. The normalized spacial score (nSPS) is 19.4. The quantitative estimate of drug-likeness (QED) is 0.468. The van der Waals surface area contributed by atoms with Crippen molar-refractivity contribution in [2.24, 2.45) is 0 Å². The first-order valence-corrected chi connectivity index (χ1v) is 4.58. The van der Waals surface area contributed by atoms with E-state index in [1.807, 2.05) is 12.2 Å². The molecule has 0 aromatic carbocycles. The Balaban J connectivity index is 2.93. The average Bonchev–Trinajstić information content (AvgIpc) is 2.18. The van der Waals surface area contributed by atoms with E-state index in [1.165, 1.54) is 6.20 Å². The number of thiol groups is 1. The molecule has 0 spiro atoms. The summed E-state index contributed by atoms with van der Waals surface area (Å²) in [6.07, 6.45) is 9.48. The highest BCUT2D eigenvalue weighted by Gasteiger charge is 2.09. The summed E-state index contributed by atoms with van der Waals surface area (Å²) >= 11 is 4.19. The summed E-state index contributed by atoms with van der Waals surface area (Å²) in [5, 5.41) is 17.3. The number of hydroxylamine groups is 1. The molecule has 0 saturated carbocycles. The number of rotatable bonds is 2. The summed E-state index contributed by atoms with van der Waals surface area (Å²) < 4.78 is 0. The van der Waals surface area contributed by atoms with Gasteiger partial charge in [-0.2, -0.15) is 10.7 Å². The molecule has 3 N–H and O–H groups in total. The highest BCUT2D eigenvalue weighted by molar-refractivity contribution is 7.84. The van der Waals surface area contributed by atoms with Crippen LogP contribution in [0.1, 0.15) is 6.42 Å². The van der Waals surface area contributed by atoms with Crippen molar-refractivity contribution in [1.29, 1.82) is 5.26 Å². The van der Waals surface area contributed by atoms with Crippen LogP contribution in [0.25, 0.3) is 0 Å². The molecule has 0 unspecified atom stereocenters. The first-order chi connectivity index (χ1) is 6.79. The van der Waals surface area contributed by atoms with Crippen LogP contribution >= 0.6 is 12.6 Å². The molecule has 0 bridgehead atoms. The zero-order chi connectivity index (χ0) is 10.4. The third-order valence-electron chi connectivity index (χ3n) is 1.80. The summed E-state index contributed by atoms with van der Waals surface area (Å²) in [4.78, 5) is 0.686. The van der Waals surface area contributed by atoms with Gasteiger partial charge in [-0.1, -0.05) is 18.2 Å². The van der Waals surface area contributed by atoms with Gasteiger partial charge in [0.25, 0.3) is 0 Å². The van der Waals surface area contributed by atoms with Gasteiger partial charge in [-0.15, -0.1) is 12.6 Å². The molecule has 0 radical (unpaired) electrons. The molecule has 1 aliphatic carbocycles. The van der Waals surface area contributed by atoms with Gasteiger partial charge in [0, 0.05) is 4.91 Å². The second-order valence-electron chi connectivity index (χ2n) is 2.70. The zero-order valence-electron chi connectivity index (χ0n) is 7.51. The SMILES string of the molecule is N#CC1=C(S)C=CC/C1=C\C=C/[NH2+]O. The van der Waals surface area contributed by atoms with Crippen molar-refractivity contribution in [1.82, 2.24) is 0 Å². The van der Waals surface area contributed by atoms with Gasteiger partial charge in [-0.25, -0.2) is 5.21 Å². The predicted octanol–water partition coefficient (Wildman–Crippen LogP) is 1.05. The van der Waals surface area contributed by atoms with Crippen molar-refractivity contribution in [2.45, 2.75) is 6.42 Å². The first kappa shape index (κ1) is 10.8. The fourth-order valence-corrected chi connectivity index (χ4v) is 1.45. The molecule has 3 nitrogen and oxygen atoms in total. The van der Waals surface area contributed by atoms with Crippen molar-refractivity contribution in [3.8, 4) is 6.07 Å². The van der Waals surface area contributed by atoms with Crippen LogP contribution < -0.4 is 5.48 Å². The van der Waals surface area contributed by atoms with Crippen LogP contribution in [-0.2, 0) is 0 Å². The van der Waals surface area contributed by atoms with Crippen LogP contribution in [0.3, 0.4) is 0 Å². The molecule has 72 valence electrons. The Bertz CT molecular complexity index is 372. The molecule has 0 heterocycles. The number of nitrogens with zero attached hydrogens (tertiary/aromatic N) is 1. The number of hydrogen-bond acceptors (Lipinski definition) is 3. The molecule has 0 atom stereocenters. The van der Waals surface area contributed by atoms with E-state index in [0.29, 0.717) is 10.5 Å². The molecule has 1 rings (SSSR count). The second kappa shape index (κ2) is 5.45. The molecule has 14 heavy (non-hydrogen) atoms. The number of allylic oxidation sites excluding steroid dienone is 6. The van der Waals surface area contributed by atoms with Gasteiger partial charge < -0.3 is 0 Å². The van der Waals surface area contributed by atoms with Gasteiger partial charge in [-0.3, -0.25) is 0 Å². The van der Waals surface area contributed by atoms with E-state index in [4.69, 9.17) is 10.5 Å². The third-order valence-corrected chi connectivity index (χ3v) is 2.17. The monoisotopic (exact) mass is 207 g/mol. The minimum absolute atomic E-state index is 0.596. The Morgan fingerprint density at radius 2 is 2.43 bits per heavy atom. The smallest absolute Gasteiger partial charge is 0.125 e. The van der Waals surface area contributed by atoms with Gasteiger partial charge in [0.15, 0.2) is 0 Å². The largest absolute Gasteiger partial charge is 0.216 e. The van der Waals surface area contributed by atoms with Crippen LogP contribution in [-0.4, -0.2) is 5.21 Å². The van der Waals surface area contributed by atoms with Crippen molar-refractivity contribution in [3.05, 3.63) is 46.6 Å². The third kappa shape index (κ3) is 2.60. The minimum Gasteiger partial charge on any atom is -0.216 e. The Hall–Kier alpha value is -1.28. The minimum atomic E-state index is 0.596. The lowest BCUT2D eigenvalue weighted by molar-refractivity contribution is -0.838. The Kier molecular flexibility index (Phi) is 4.20. The summed E-state index contributed by atoms with van der Waals surface area (Å²) in [6, 6.07) is 2.11. The molecular formula is C10H11N2OS+. The highest BCUT2D eigenvalue weighted by Crippen LogP contribution is 2.25. The Labute approximate surface area is 88.1 Å². The molecule has 4 heteroatoms. The van der Waals surface area contributed by atoms with Crippen molar-refractivity contribution in [2.75, 3.05) is 0 Å². The van der Waals surface area contributed by atoms with Gasteiger partial charge in [0.05, 0.1) is 5.57 Å². The molecule has 0 aromatic heterocycles. The second-order valence-corrected chi connectivity index (χ2v) is 3.19. The Morgan fingerprint density at radius 3 is 3.07 bits per heavy atom. The van der Waals surface area contributed by atoms with Crippen LogP contribution in [0, 0.1) is 11.3 Å². The summed E-state index contributed by atoms with van der Waals surface area (Å²) in [6.45, 7) is 0. The van der Waals surface area contributed by atoms with E-state index >= 15 is 0 Å². The highest BCUT2D eigenvalue weighted by atomic mass is 32.1. The van der Waals surface area contributed by atoms with E-state index in [2.05, 4.69) is 18.7 Å². The van der Waals surface area contributed by atoms with Gasteiger partial charge >= 0.3 is 0 Å². The number of nitrogens with two attached hydrogens (primary N) is 1. The van der Waals surface area contributed by atoms with Gasteiger partial charge in [0.2, 0.25) is 0 Å². The molecule has 0 amide bonds. The standard InChI is InChI=1S/C10H10N2OS/c11-7-9-8(4-2-6-12-13)3-1-5-10(9)14/h1-2,4-6,12-14H,3H2/p+1/b6-2-,8-4+. The van der Waals surface area contributed by atoms with Crippen molar-refractivity contribution >= 4 is 12.6 Å². The molecule has 0 fully saturated rings. The van der Waals surface area contributed by atoms with E-state index in [1.54, 1.807) is 12.2 Å². The van der Waals surface area contributed by atoms with Gasteiger partial charge in [-0.05, 0) is 18.1 Å². The lowest BCUT2D eigenvalue weighted by atomic mass is 9.99. The number of nitriles is 1. The number of hydrogen-bond donors (Lipinski definition) is 3. The summed E-state index contributed by atoms with van der Waals surface area (Å²) in [5.74, 6) is 0. The molecular weight excluding hydrogens is 196 g/mol. The van der Waals surface area contributed by atoms with Crippen molar-refractivity contribution in [3.63, 3.8) is 0 Å². The lowest BCUT2D eigenvalue weighted by Crippen LogP contribution is -2.73. The topological polar surface area (TPSA) is 60.6 Å². The van der Waals surface area contributed by atoms with Gasteiger partial charge in [0.1, 0.15) is 12.3 Å². The first-order valence-electron chi connectivity index (χ1n) is 4.13. The fourth-order valence-electron chi connectivity index (χ4n) is 1.15. The summed E-state index contributed by atoms with van der Waals surface area (Å²) in [5.41, 5.74) is 2.46. The summed E-state index contributed by atoms with van der Waals surface area (Å²) in [7, 11) is 0. The molecule has 1 aliphatic rings. The average molecular weight is 207 g/mol. The Morgan fingerprint density at radius 1 is 1.64 bits per heavy atom. The predicted molar refractivity (Wildman–Crippen MR) is 56.3 cm³/mol. The van der Waals surface area contributed by atoms with E-state index in [9.17, 15) is 0 Å². The van der Waals surface area contributed by atoms with E-state index < -0.39 is 0 Å². The van der Waals surface area contributed by atoms with Crippen molar-refractivity contribution < 1.29 is 10.7 Å². The lowest BCUT2D eigenvalue weighted by Gasteiger charge is -2.08. The maximum atomic E-state index is 8.88. The van der Waals surface area contributed by atoms with Crippen LogP contribution in [0.2, 0.25) is 0 Å². The molecule has 0 aromatic rings. The van der Waals surface area contributed by atoms with Crippen LogP contribution in [0.15, 0.2) is 46.6 Å². The van der Waals surface area contributed by atoms with Crippen LogP contribution in [0.4, 0.5) is 0 Å². The van der Waals surface area contributed by atoms with E-state index in [-0.39, 0.29) is 0 Å². The molecule has 0 aliphatic heterocycles. The number of quaternary nitrogens is 1.